The summed E-state index contributed by atoms with van der Waals surface area (Å²) in [5.41, 5.74) is 2.23. The van der Waals surface area contributed by atoms with Crippen LogP contribution < -0.4 is 5.32 Å². The second-order valence-electron chi connectivity index (χ2n) is 4.88. The van der Waals surface area contributed by atoms with E-state index in [1.165, 1.54) is 37.7 Å². The number of anilines is 1. The molecule has 16 heavy (non-hydrogen) atoms. The summed E-state index contributed by atoms with van der Waals surface area (Å²) in [5.74, 6) is 1.76. The van der Waals surface area contributed by atoms with Gasteiger partial charge in [0.1, 0.15) is 5.82 Å². The van der Waals surface area contributed by atoms with E-state index >= 15 is 0 Å². The molecule has 0 atom stereocenters. The molecule has 3 nitrogen and oxygen atoms in total. The van der Waals surface area contributed by atoms with Crippen LogP contribution in [0.3, 0.4) is 0 Å². The van der Waals surface area contributed by atoms with Crippen LogP contribution in [0.5, 0.6) is 0 Å². The Morgan fingerprint density at radius 1 is 1.19 bits per heavy atom. The van der Waals surface area contributed by atoms with Gasteiger partial charge in [0, 0.05) is 6.54 Å². The third-order valence-electron chi connectivity index (χ3n) is 3.53. The van der Waals surface area contributed by atoms with Crippen LogP contribution in [0.1, 0.15) is 43.4 Å². The van der Waals surface area contributed by atoms with E-state index in [9.17, 15) is 0 Å². The van der Waals surface area contributed by atoms with E-state index in [1.54, 1.807) is 0 Å². The normalized spacial score (nSPS) is 17.4. The fourth-order valence-electron chi connectivity index (χ4n) is 2.27. The van der Waals surface area contributed by atoms with Crippen molar-refractivity contribution < 1.29 is 0 Å². The zero-order chi connectivity index (χ0) is 11.4. The van der Waals surface area contributed by atoms with Crippen molar-refractivity contribution in [3.05, 3.63) is 17.3 Å². The van der Waals surface area contributed by atoms with Gasteiger partial charge in [-0.05, 0) is 44.2 Å². The fourth-order valence-corrected chi connectivity index (χ4v) is 2.27. The minimum absolute atomic E-state index is 0.831. The molecule has 0 amide bonds. The van der Waals surface area contributed by atoms with Crippen molar-refractivity contribution in [1.29, 1.82) is 0 Å². The van der Waals surface area contributed by atoms with E-state index < -0.39 is 0 Å². The first-order chi connectivity index (χ1) is 7.75. The quantitative estimate of drug-likeness (QED) is 0.849. The van der Waals surface area contributed by atoms with Crippen molar-refractivity contribution in [3.8, 4) is 0 Å². The lowest BCUT2D eigenvalue weighted by Crippen LogP contribution is -2.18. The van der Waals surface area contributed by atoms with Gasteiger partial charge in [-0.3, -0.25) is 0 Å². The summed E-state index contributed by atoms with van der Waals surface area (Å²) in [7, 11) is 0. The summed E-state index contributed by atoms with van der Waals surface area (Å²) >= 11 is 0. The predicted molar refractivity (Wildman–Crippen MR) is 66.6 cm³/mol. The van der Waals surface area contributed by atoms with Crippen molar-refractivity contribution in [1.82, 2.24) is 10.2 Å². The van der Waals surface area contributed by atoms with Gasteiger partial charge in [-0.1, -0.05) is 19.3 Å². The smallest absolute Gasteiger partial charge is 0.148 e. The Labute approximate surface area is 97.7 Å². The molecule has 0 radical (unpaired) electrons. The van der Waals surface area contributed by atoms with Gasteiger partial charge in [0.15, 0.2) is 0 Å². The van der Waals surface area contributed by atoms with Crippen LogP contribution in [0, 0.1) is 19.8 Å². The topological polar surface area (TPSA) is 37.8 Å². The van der Waals surface area contributed by atoms with Crippen LogP contribution >= 0.6 is 0 Å². The summed E-state index contributed by atoms with van der Waals surface area (Å²) in [6, 6.07) is 2.09. The molecular formula is C13H21N3. The number of aromatic nitrogens is 2. The molecule has 1 heterocycles. The zero-order valence-corrected chi connectivity index (χ0v) is 10.3. The molecule has 0 aliphatic heterocycles. The van der Waals surface area contributed by atoms with Crippen LogP contribution in [0.25, 0.3) is 0 Å². The number of hydrogen-bond donors (Lipinski definition) is 1. The minimum atomic E-state index is 0.831. The first kappa shape index (κ1) is 11.4. The molecule has 1 saturated carbocycles. The fraction of sp³-hybridized carbons (Fsp3) is 0.692. The lowest BCUT2D eigenvalue weighted by atomic mass is 9.89. The number of aryl methyl sites for hydroxylation is 2. The van der Waals surface area contributed by atoms with Crippen LogP contribution in [-0.2, 0) is 0 Å². The van der Waals surface area contributed by atoms with Crippen LogP contribution in [0.2, 0.25) is 0 Å². The molecule has 0 unspecified atom stereocenters. The molecule has 3 heteroatoms. The van der Waals surface area contributed by atoms with Gasteiger partial charge in [0.2, 0.25) is 0 Å². The first-order valence-electron chi connectivity index (χ1n) is 6.30. The highest BCUT2D eigenvalue weighted by Gasteiger charge is 2.13. The Hall–Kier alpha value is -1.12. The van der Waals surface area contributed by atoms with Gasteiger partial charge < -0.3 is 5.32 Å². The molecule has 0 saturated heterocycles. The van der Waals surface area contributed by atoms with E-state index in [4.69, 9.17) is 0 Å². The Balaban J connectivity index is 1.86. The second-order valence-corrected chi connectivity index (χ2v) is 4.88. The Morgan fingerprint density at radius 3 is 2.62 bits per heavy atom. The Kier molecular flexibility index (Phi) is 3.75. The zero-order valence-electron chi connectivity index (χ0n) is 10.3. The molecule has 0 aromatic carbocycles. The van der Waals surface area contributed by atoms with Gasteiger partial charge >= 0.3 is 0 Å². The van der Waals surface area contributed by atoms with Crippen LogP contribution in [-0.4, -0.2) is 16.7 Å². The lowest BCUT2D eigenvalue weighted by Gasteiger charge is -2.21. The van der Waals surface area contributed by atoms with Crippen LogP contribution in [0.4, 0.5) is 5.82 Å². The second kappa shape index (κ2) is 5.28. The molecule has 1 aliphatic rings. The lowest BCUT2D eigenvalue weighted by molar-refractivity contribution is 0.373. The van der Waals surface area contributed by atoms with Crippen molar-refractivity contribution in [2.24, 2.45) is 5.92 Å². The van der Waals surface area contributed by atoms with E-state index in [0.29, 0.717) is 0 Å². The van der Waals surface area contributed by atoms with E-state index in [-0.39, 0.29) is 0 Å². The molecule has 2 rings (SSSR count). The highest BCUT2D eigenvalue weighted by molar-refractivity contribution is 5.37. The average Bonchev–Trinajstić information content (AvgIpc) is 2.32. The van der Waals surface area contributed by atoms with Gasteiger partial charge in [-0.25, -0.2) is 0 Å². The molecule has 1 aromatic rings. The molecule has 1 fully saturated rings. The molecule has 0 spiro atoms. The number of hydrogen-bond acceptors (Lipinski definition) is 3. The number of nitrogens with one attached hydrogen (secondary N) is 1. The molecule has 1 aliphatic carbocycles. The maximum absolute atomic E-state index is 4.16. The average molecular weight is 219 g/mol. The first-order valence-corrected chi connectivity index (χ1v) is 6.30. The molecular weight excluding hydrogens is 198 g/mol. The summed E-state index contributed by atoms with van der Waals surface area (Å²) in [4.78, 5) is 0. The minimum Gasteiger partial charge on any atom is -0.368 e. The van der Waals surface area contributed by atoms with Gasteiger partial charge in [-0.2, -0.15) is 5.10 Å². The summed E-state index contributed by atoms with van der Waals surface area (Å²) in [6.45, 7) is 5.13. The van der Waals surface area contributed by atoms with E-state index in [0.717, 1.165) is 24.0 Å². The molecule has 88 valence electrons. The van der Waals surface area contributed by atoms with Crippen LogP contribution in [0.15, 0.2) is 6.07 Å². The van der Waals surface area contributed by atoms with Crippen molar-refractivity contribution in [2.45, 2.75) is 46.0 Å². The molecule has 0 bridgehead atoms. The monoisotopic (exact) mass is 219 g/mol. The van der Waals surface area contributed by atoms with Gasteiger partial charge in [0.05, 0.1) is 5.69 Å². The molecule has 1 aromatic heterocycles. The maximum atomic E-state index is 4.16. The third-order valence-corrected chi connectivity index (χ3v) is 3.53. The van der Waals surface area contributed by atoms with Gasteiger partial charge in [-0.15, -0.1) is 5.10 Å². The SMILES string of the molecule is Cc1cc(NCC2CCCCC2)nnc1C. The largest absolute Gasteiger partial charge is 0.368 e. The Morgan fingerprint density at radius 2 is 1.94 bits per heavy atom. The van der Waals surface area contributed by atoms with Crippen molar-refractivity contribution >= 4 is 5.82 Å². The summed E-state index contributed by atoms with van der Waals surface area (Å²) in [6.07, 6.45) is 6.94. The van der Waals surface area contributed by atoms with E-state index in [2.05, 4.69) is 28.5 Å². The summed E-state index contributed by atoms with van der Waals surface area (Å²) in [5, 5.41) is 11.7. The van der Waals surface area contributed by atoms with E-state index in [1.807, 2.05) is 6.92 Å². The third kappa shape index (κ3) is 2.94. The highest BCUT2D eigenvalue weighted by atomic mass is 15.2. The molecule has 1 N–H and O–H groups in total. The Bertz CT molecular complexity index is 343. The number of rotatable bonds is 3. The number of nitrogens with zero attached hydrogens (tertiary/aromatic N) is 2. The predicted octanol–water partition coefficient (Wildman–Crippen LogP) is 3.09. The standard InChI is InChI=1S/C13H21N3/c1-10-8-13(16-15-11(10)2)14-9-12-6-4-3-5-7-12/h8,12H,3-7,9H2,1-2H3,(H,14,16). The highest BCUT2D eigenvalue weighted by Crippen LogP contribution is 2.23. The van der Waals surface area contributed by atoms with Crippen molar-refractivity contribution in [3.63, 3.8) is 0 Å². The maximum Gasteiger partial charge on any atom is 0.148 e. The van der Waals surface area contributed by atoms with Gasteiger partial charge in [0.25, 0.3) is 0 Å². The van der Waals surface area contributed by atoms with Crippen molar-refractivity contribution in [2.75, 3.05) is 11.9 Å². The summed E-state index contributed by atoms with van der Waals surface area (Å²) < 4.78 is 0.